The summed E-state index contributed by atoms with van der Waals surface area (Å²) in [6.45, 7) is 9.09. The third kappa shape index (κ3) is 6.74. The van der Waals surface area contributed by atoms with E-state index in [9.17, 15) is 0 Å². The Labute approximate surface area is 212 Å². The average Bonchev–Trinajstić information content (AvgIpc) is 2.91. The van der Waals surface area contributed by atoms with E-state index in [1.807, 2.05) is 54.6 Å². The molecule has 1 N–H and O–H groups in total. The summed E-state index contributed by atoms with van der Waals surface area (Å²) in [6.07, 6.45) is 5.62. The molecule has 6 bridgehead atoms. The van der Waals surface area contributed by atoms with Crippen LogP contribution >= 0.6 is 0 Å². The summed E-state index contributed by atoms with van der Waals surface area (Å²) >= 11 is 0. The Balaban J connectivity index is 1.60. The number of rotatable bonds is 7. The number of fused-ring (bicyclic) bond motifs is 7. The maximum absolute atomic E-state index is 6.13. The number of hydrogen-bond acceptors (Lipinski definition) is 8. The van der Waals surface area contributed by atoms with Crippen LogP contribution in [0.1, 0.15) is 19.4 Å². The van der Waals surface area contributed by atoms with Crippen molar-refractivity contribution in [1.29, 1.82) is 0 Å². The molecule has 190 valence electrons. The molecule has 0 atom stereocenters. The molecule has 2 heterocycles. The molecule has 36 heavy (non-hydrogen) atoms. The van der Waals surface area contributed by atoms with Gasteiger partial charge in [-0.3, -0.25) is 0 Å². The highest BCUT2D eigenvalue weighted by molar-refractivity contribution is 5.66. The number of benzene rings is 2. The highest BCUT2D eigenvalue weighted by Gasteiger charge is 2.11. The Hall–Kier alpha value is -3.62. The lowest BCUT2D eigenvalue weighted by molar-refractivity contribution is 0.143. The van der Waals surface area contributed by atoms with Gasteiger partial charge >= 0.3 is 0 Å². The number of ether oxygens (including phenoxy) is 4. The predicted octanol–water partition coefficient (Wildman–Crippen LogP) is 5.08. The molecule has 1 aliphatic rings. The van der Waals surface area contributed by atoms with Crippen LogP contribution in [0.15, 0.2) is 60.8 Å². The topological polar surface area (TPSA) is 78.0 Å². The van der Waals surface area contributed by atoms with E-state index in [0.29, 0.717) is 43.9 Å². The van der Waals surface area contributed by atoms with Gasteiger partial charge in [-0.25, -0.2) is 9.97 Å². The molecular weight excluding hydrogens is 456 g/mol. The summed E-state index contributed by atoms with van der Waals surface area (Å²) < 4.78 is 23.5. The van der Waals surface area contributed by atoms with Gasteiger partial charge in [-0.1, -0.05) is 19.9 Å². The second-order valence-corrected chi connectivity index (χ2v) is 8.25. The van der Waals surface area contributed by atoms with E-state index < -0.39 is 0 Å². The van der Waals surface area contributed by atoms with Gasteiger partial charge < -0.3 is 29.2 Å². The van der Waals surface area contributed by atoms with Crippen LogP contribution < -0.4 is 19.5 Å². The molecule has 0 amide bonds. The minimum atomic E-state index is 0.398. The van der Waals surface area contributed by atoms with Crippen molar-refractivity contribution < 1.29 is 18.9 Å². The Morgan fingerprint density at radius 1 is 1.00 bits per heavy atom. The summed E-state index contributed by atoms with van der Waals surface area (Å²) in [5.74, 6) is 2.63. The molecule has 0 radical (unpaired) electrons. The van der Waals surface area contributed by atoms with Crippen LogP contribution in [0.2, 0.25) is 0 Å². The van der Waals surface area contributed by atoms with Crippen molar-refractivity contribution in [1.82, 2.24) is 14.9 Å². The zero-order chi connectivity index (χ0) is 25.2. The van der Waals surface area contributed by atoms with Crippen molar-refractivity contribution in [3.8, 4) is 28.5 Å². The fraction of sp³-hybridized carbons (Fsp3) is 0.357. The number of methoxy groups -OCH3 is 1. The van der Waals surface area contributed by atoms with Crippen molar-refractivity contribution in [3.05, 3.63) is 66.4 Å². The zero-order valence-electron chi connectivity index (χ0n) is 21.2. The van der Waals surface area contributed by atoms with E-state index in [2.05, 4.69) is 29.0 Å². The van der Waals surface area contributed by atoms with Gasteiger partial charge in [0, 0.05) is 29.6 Å². The van der Waals surface area contributed by atoms with E-state index in [1.54, 1.807) is 13.3 Å². The summed E-state index contributed by atoms with van der Waals surface area (Å²) in [4.78, 5) is 11.5. The van der Waals surface area contributed by atoms with Gasteiger partial charge in [0.1, 0.15) is 19.0 Å². The SMILES string of the molecule is CCN(CC)CCOc1ccc2cc1COC/C=C/COc1cc(ccc1OC)-c1ccnc(n1)N2. The molecule has 8 nitrogen and oxygen atoms in total. The Bertz CT molecular complexity index is 1160. The van der Waals surface area contributed by atoms with Crippen LogP contribution in [-0.2, 0) is 11.3 Å². The first kappa shape index (κ1) is 25.5. The lowest BCUT2D eigenvalue weighted by Crippen LogP contribution is -2.28. The summed E-state index contributed by atoms with van der Waals surface area (Å²) in [5.41, 5.74) is 3.51. The first-order valence-corrected chi connectivity index (χ1v) is 12.3. The van der Waals surface area contributed by atoms with E-state index in [-0.39, 0.29) is 0 Å². The number of nitrogens with one attached hydrogen (secondary N) is 1. The van der Waals surface area contributed by atoms with Crippen LogP contribution in [0, 0.1) is 0 Å². The number of anilines is 2. The third-order valence-corrected chi connectivity index (χ3v) is 5.96. The fourth-order valence-corrected chi connectivity index (χ4v) is 3.90. The van der Waals surface area contributed by atoms with Crippen molar-refractivity contribution in [2.45, 2.75) is 20.5 Å². The Morgan fingerprint density at radius 3 is 2.67 bits per heavy atom. The smallest absolute Gasteiger partial charge is 0.227 e. The molecule has 3 aromatic rings. The molecule has 0 fully saturated rings. The lowest BCUT2D eigenvalue weighted by atomic mass is 10.1. The van der Waals surface area contributed by atoms with Crippen LogP contribution in [0.25, 0.3) is 11.3 Å². The Kier molecular flexibility index (Phi) is 9.13. The zero-order valence-corrected chi connectivity index (χ0v) is 21.2. The highest BCUT2D eigenvalue weighted by Crippen LogP contribution is 2.32. The average molecular weight is 491 g/mol. The fourth-order valence-electron chi connectivity index (χ4n) is 3.90. The highest BCUT2D eigenvalue weighted by atomic mass is 16.5. The molecule has 8 heteroatoms. The molecule has 2 aromatic carbocycles. The van der Waals surface area contributed by atoms with Gasteiger partial charge in [0.15, 0.2) is 11.5 Å². The van der Waals surface area contributed by atoms with Gasteiger partial charge in [-0.05, 0) is 61.6 Å². The standard InChI is InChI=1S/C28H34N4O4/c1-4-32(5-2)14-17-36-25-11-9-23-18-22(25)20-34-15-6-7-16-35-27-19-21(8-10-26(27)33-3)24-12-13-29-28(30-23)31-24/h6-13,18-19H,4-5,14-17,20H2,1-3H3,(H,29,30,31)/b7-6+. The molecule has 0 saturated heterocycles. The molecule has 1 aliphatic heterocycles. The van der Waals surface area contributed by atoms with Crippen molar-refractivity contribution in [2.24, 2.45) is 0 Å². The minimum absolute atomic E-state index is 0.398. The number of hydrogen-bond donors (Lipinski definition) is 1. The molecule has 0 spiro atoms. The van der Waals surface area contributed by atoms with Crippen molar-refractivity contribution in [3.63, 3.8) is 0 Å². The maximum atomic E-state index is 6.13. The second-order valence-electron chi connectivity index (χ2n) is 8.25. The number of likely N-dealkylation sites (N-methyl/N-ethyl adjacent to an activating group) is 1. The normalized spacial score (nSPS) is 14.3. The van der Waals surface area contributed by atoms with Gasteiger partial charge in [0.2, 0.25) is 5.95 Å². The molecular formula is C28H34N4O4. The quantitative estimate of drug-likeness (QED) is 0.460. The molecule has 0 saturated carbocycles. The maximum Gasteiger partial charge on any atom is 0.227 e. The van der Waals surface area contributed by atoms with Crippen LogP contribution in [-0.4, -0.2) is 61.4 Å². The van der Waals surface area contributed by atoms with E-state index in [0.717, 1.165) is 47.9 Å². The minimum Gasteiger partial charge on any atom is -0.493 e. The molecule has 4 rings (SSSR count). The van der Waals surface area contributed by atoms with Gasteiger partial charge in [0.25, 0.3) is 0 Å². The van der Waals surface area contributed by atoms with Crippen molar-refractivity contribution in [2.75, 3.05) is 51.9 Å². The van der Waals surface area contributed by atoms with Crippen LogP contribution in [0.4, 0.5) is 11.6 Å². The van der Waals surface area contributed by atoms with Crippen LogP contribution in [0.3, 0.4) is 0 Å². The third-order valence-electron chi connectivity index (χ3n) is 5.96. The first-order valence-electron chi connectivity index (χ1n) is 12.3. The van der Waals surface area contributed by atoms with E-state index in [1.165, 1.54) is 0 Å². The van der Waals surface area contributed by atoms with Crippen LogP contribution in [0.5, 0.6) is 17.2 Å². The summed E-state index contributed by atoms with van der Waals surface area (Å²) in [5, 5.41) is 3.32. The molecule has 1 aromatic heterocycles. The second kappa shape index (κ2) is 12.9. The number of aromatic nitrogens is 2. The van der Waals surface area contributed by atoms with Crippen molar-refractivity contribution >= 4 is 11.6 Å². The van der Waals surface area contributed by atoms with Gasteiger partial charge in [-0.2, -0.15) is 0 Å². The first-order chi connectivity index (χ1) is 17.7. The molecule has 0 aliphatic carbocycles. The van der Waals surface area contributed by atoms with Gasteiger partial charge in [0.05, 0.1) is 26.0 Å². The molecule has 0 unspecified atom stereocenters. The van der Waals surface area contributed by atoms with E-state index >= 15 is 0 Å². The largest absolute Gasteiger partial charge is 0.493 e. The van der Waals surface area contributed by atoms with Gasteiger partial charge in [-0.15, -0.1) is 0 Å². The Morgan fingerprint density at radius 2 is 1.83 bits per heavy atom. The number of nitrogens with zero attached hydrogens (tertiary/aromatic N) is 3. The monoisotopic (exact) mass is 490 g/mol. The summed E-state index contributed by atoms with van der Waals surface area (Å²) in [7, 11) is 1.63. The van der Waals surface area contributed by atoms with E-state index in [4.69, 9.17) is 23.9 Å². The summed E-state index contributed by atoms with van der Waals surface area (Å²) in [6, 6.07) is 13.6. The predicted molar refractivity (Wildman–Crippen MR) is 141 cm³/mol. The lowest BCUT2D eigenvalue weighted by Gasteiger charge is -2.19.